The Bertz CT molecular complexity index is 662. The lowest BCUT2D eigenvalue weighted by Gasteiger charge is -2.24. The highest BCUT2D eigenvalue weighted by molar-refractivity contribution is 7.09. The van der Waals surface area contributed by atoms with Gasteiger partial charge in [0, 0.05) is 11.4 Å². The van der Waals surface area contributed by atoms with E-state index in [0.29, 0.717) is 24.4 Å². The Hall–Kier alpha value is -2.32. The van der Waals surface area contributed by atoms with Crippen LogP contribution >= 0.6 is 11.3 Å². The monoisotopic (exact) mass is 314 g/mol. The quantitative estimate of drug-likeness (QED) is 0.821. The first-order chi connectivity index (χ1) is 10.6. The minimum atomic E-state index is -0.589. The second-order valence-corrected chi connectivity index (χ2v) is 5.86. The van der Waals surface area contributed by atoms with Crippen LogP contribution in [0.15, 0.2) is 41.8 Å². The van der Waals surface area contributed by atoms with Crippen molar-refractivity contribution in [2.24, 2.45) is 0 Å². The highest BCUT2D eigenvalue weighted by Gasteiger charge is 2.21. The van der Waals surface area contributed by atoms with E-state index in [4.69, 9.17) is 10.00 Å². The molecule has 0 aliphatic rings. The summed E-state index contributed by atoms with van der Waals surface area (Å²) >= 11 is 1.63. The average Bonchev–Trinajstić information content (AvgIpc) is 3.05. The number of carbonyl (C=O) groups is 1. The molecule has 0 bridgehead atoms. The Kier molecular flexibility index (Phi) is 5.56. The third-order valence-electron chi connectivity index (χ3n) is 3.24. The van der Waals surface area contributed by atoms with Crippen molar-refractivity contribution in [3.05, 3.63) is 52.2 Å². The minimum absolute atomic E-state index is 0.0572. The second-order valence-electron chi connectivity index (χ2n) is 4.83. The summed E-state index contributed by atoms with van der Waals surface area (Å²) in [5, 5.41) is 10.9. The molecule has 1 aromatic carbocycles. The number of hydrogen-bond acceptors (Lipinski definition) is 4. The van der Waals surface area contributed by atoms with Gasteiger partial charge in [-0.2, -0.15) is 5.26 Å². The topological polar surface area (TPSA) is 53.3 Å². The summed E-state index contributed by atoms with van der Waals surface area (Å²) in [4.78, 5) is 15.4. The number of hydrogen-bond donors (Lipinski definition) is 0. The van der Waals surface area contributed by atoms with Crippen LogP contribution in [0, 0.1) is 11.3 Å². The molecule has 0 saturated carbocycles. The molecule has 1 atom stereocenters. The molecule has 2 aromatic rings. The van der Waals surface area contributed by atoms with Crippen LogP contribution in [0.2, 0.25) is 0 Å². The SMILES string of the molecule is CCN(Cc1cccs1)C(=O)C(C)Oc1cccc(C#N)c1. The molecule has 1 unspecified atom stereocenters. The molecule has 22 heavy (non-hydrogen) atoms. The number of amides is 1. The first-order valence-corrected chi connectivity index (χ1v) is 8.00. The van der Waals surface area contributed by atoms with Crippen molar-refractivity contribution < 1.29 is 9.53 Å². The lowest BCUT2D eigenvalue weighted by atomic mass is 10.2. The van der Waals surface area contributed by atoms with Crippen LogP contribution in [-0.4, -0.2) is 23.5 Å². The molecule has 0 saturated heterocycles. The van der Waals surface area contributed by atoms with Crippen molar-refractivity contribution in [2.45, 2.75) is 26.5 Å². The fourth-order valence-electron chi connectivity index (χ4n) is 2.09. The third-order valence-corrected chi connectivity index (χ3v) is 4.11. The van der Waals surface area contributed by atoms with Crippen molar-refractivity contribution in [3.63, 3.8) is 0 Å². The van der Waals surface area contributed by atoms with E-state index in [9.17, 15) is 4.79 Å². The van der Waals surface area contributed by atoms with Crippen molar-refractivity contribution in [1.82, 2.24) is 4.90 Å². The molecule has 0 radical (unpaired) electrons. The van der Waals surface area contributed by atoms with Gasteiger partial charge in [0.25, 0.3) is 5.91 Å². The van der Waals surface area contributed by atoms with E-state index in [2.05, 4.69) is 6.07 Å². The largest absolute Gasteiger partial charge is 0.481 e. The summed E-state index contributed by atoms with van der Waals surface area (Å²) in [6, 6.07) is 12.9. The van der Waals surface area contributed by atoms with Gasteiger partial charge in [-0.25, -0.2) is 0 Å². The van der Waals surface area contributed by atoms with Gasteiger partial charge in [0.2, 0.25) is 0 Å². The smallest absolute Gasteiger partial charge is 0.263 e. The van der Waals surface area contributed by atoms with Crippen LogP contribution in [0.4, 0.5) is 0 Å². The predicted molar refractivity (Wildman–Crippen MR) is 86.7 cm³/mol. The van der Waals surface area contributed by atoms with E-state index in [-0.39, 0.29) is 5.91 Å². The van der Waals surface area contributed by atoms with Crippen molar-refractivity contribution in [2.75, 3.05) is 6.54 Å². The Morgan fingerprint density at radius 1 is 1.41 bits per heavy atom. The number of carbonyl (C=O) groups excluding carboxylic acids is 1. The van der Waals surface area contributed by atoms with Gasteiger partial charge >= 0.3 is 0 Å². The standard InChI is InChI=1S/C17H18N2O2S/c1-3-19(12-16-8-5-9-22-16)17(20)13(2)21-15-7-4-6-14(10-15)11-18/h4-10,13H,3,12H2,1-2H3. The molecule has 1 heterocycles. The minimum Gasteiger partial charge on any atom is -0.481 e. The third kappa shape index (κ3) is 4.09. The summed E-state index contributed by atoms with van der Waals surface area (Å²) in [5.41, 5.74) is 0.517. The molecular weight excluding hydrogens is 296 g/mol. The Labute approximate surface area is 134 Å². The fraction of sp³-hybridized carbons (Fsp3) is 0.294. The van der Waals surface area contributed by atoms with E-state index >= 15 is 0 Å². The van der Waals surface area contributed by atoms with Crippen LogP contribution in [0.3, 0.4) is 0 Å². The van der Waals surface area contributed by atoms with E-state index in [1.807, 2.05) is 24.4 Å². The highest BCUT2D eigenvalue weighted by Crippen LogP contribution is 2.17. The maximum absolute atomic E-state index is 12.5. The summed E-state index contributed by atoms with van der Waals surface area (Å²) < 4.78 is 5.68. The van der Waals surface area contributed by atoms with Gasteiger partial charge in [-0.1, -0.05) is 12.1 Å². The zero-order valence-electron chi connectivity index (χ0n) is 12.7. The number of benzene rings is 1. The van der Waals surface area contributed by atoms with E-state index in [1.165, 1.54) is 0 Å². The summed E-state index contributed by atoms with van der Waals surface area (Å²) in [6.07, 6.45) is -0.589. The van der Waals surface area contributed by atoms with Crippen LogP contribution < -0.4 is 4.74 Å². The zero-order chi connectivity index (χ0) is 15.9. The normalized spacial score (nSPS) is 11.5. The number of likely N-dealkylation sites (N-methyl/N-ethyl adjacent to an activating group) is 1. The average molecular weight is 314 g/mol. The Morgan fingerprint density at radius 3 is 2.86 bits per heavy atom. The molecular formula is C17H18N2O2S. The molecule has 0 aliphatic carbocycles. The lowest BCUT2D eigenvalue weighted by molar-refractivity contribution is -0.138. The van der Waals surface area contributed by atoms with Crippen LogP contribution in [0.1, 0.15) is 24.3 Å². The molecule has 1 amide bonds. The first-order valence-electron chi connectivity index (χ1n) is 7.12. The maximum atomic E-state index is 12.5. The number of rotatable bonds is 6. The molecule has 0 fully saturated rings. The van der Waals surface area contributed by atoms with Gasteiger partial charge in [-0.05, 0) is 43.5 Å². The molecule has 114 valence electrons. The zero-order valence-corrected chi connectivity index (χ0v) is 13.5. The summed E-state index contributed by atoms with van der Waals surface area (Å²) in [5.74, 6) is 0.477. The highest BCUT2D eigenvalue weighted by atomic mass is 32.1. The van der Waals surface area contributed by atoms with Gasteiger partial charge in [0.1, 0.15) is 5.75 Å². The Morgan fingerprint density at radius 2 is 2.23 bits per heavy atom. The molecule has 4 nitrogen and oxygen atoms in total. The van der Waals surface area contributed by atoms with Crippen LogP contribution in [0.5, 0.6) is 5.75 Å². The number of nitriles is 1. The first kappa shape index (κ1) is 16.1. The van der Waals surface area contributed by atoms with E-state index < -0.39 is 6.10 Å². The summed E-state index contributed by atoms with van der Waals surface area (Å²) in [6.45, 7) is 4.91. The molecule has 5 heteroatoms. The maximum Gasteiger partial charge on any atom is 0.263 e. The van der Waals surface area contributed by atoms with Gasteiger partial charge < -0.3 is 9.64 Å². The molecule has 2 rings (SSSR count). The number of ether oxygens (including phenoxy) is 1. The van der Waals surface area contributed by atoms with Gasteiger partial charge in [-0.3, -0.25) is 4.79 Å². The van der Waals surface area contributed by atoms with Gasteiger partial charge in [0.15, 0.2) is 6.10 Å². The fourth-order valence-corrected chi connectivity index (χ4v) is 2.81. The second kappa shape index (κ2) is 7.62. The number of nitrogens with zero attached hydrogens (tertiary/aromatic N) is 2. The molecule has 0 spiro atoms. The van der Waals surface area contributed by atoms with Crippen LogP contribution in [0.25, 0.3) is 0 Å². The molecule has 0 aliphatic heterocycles. The molecule has 1 aromatic heterocycles. The van der Waals surface area contributed by atoms with Crippen LogP contribution in [-0.2, 0) is 11.3 Å². The predicted octanol–water partition coefficient (Wildman–Crippen LogP) is 3.44. The van der Waals surface area contributed by atoms with Crippen molar-refractivity contribution in [1.29, 1.82) is 5.26 Å². The molecule has 0 N–H and O–H groups in total. The van der Waals surface area contributed by atoms with Crippen molar-refractivity contribution in [3.8, 4) is 11.8 Å². The Balaban J connectivity index is 2.02. The number of thiophene rings is 1. The van der Waals surface area contributed by atoms with Gasteiger partial charge in [-0.15, -0.1) is 11.3 Å². The lowest BCUT2D eigenvalue weighted by Crippen LogP contribution is -2.39. The van der Waals surface area contributed by atoms with E-state index in [0.717, 1.165) is 4.88 Å². The summed E-state index contributed by atoms with van der Waals surface area (Å²) in [7, 11) is 0. The van der Waals surface area contributed by atoms with E-state index in [1.54, 1.807) is 47.4 Å². The van der Waals surface area contributed by atoms with Crippen molar-refractivity contribution >= 4 is 17.2 Å². The van der Waals surface area contributed by atoms with Gasteiger partial charge in [0.05, 0.1) is 18.2 Å².